The summed E-state index contributed by atoms with van der Waals surface area (Å²) in [5.74, 6) is -1.14. The minimum absolute atomic E-state index is 0.145. The van der Waals surface area contributed by atoms with Gasteiger partial charge in [0, 0.05) is 6.07 Å². The average Bonchev–Trinajstić information content (AvgIpc) is 2.83. The van der Waals surface area contributed by atoms with Crippen LogP contribution in [-0.4, -0.2) is 35.2 Å². The van der Waals surface area contributed by atoms with Crippen LogP contribution in [0.25, 0.3) is 0 Å². The fourth-order valence-electron chi connectivity index (χ4n) is 2.87. The minimum Gasteiger partial charge on any atom is -0.467 e. The lowest BCUT2D eigenvalue weighted by atomic mass is 10.1. The number of methoxy groups -OCH3 is 1. The third kappa shape index (κ3) is 5.51. The Morgan fingerprint density at radius 3 is 2.22 bits per heavy atom. The van der Waals surface area contributed by atoms with Crippen molar-refractivity contribution in [3.63, 3.8) is 0 Å². The van der Waals surface area contributed by atoms with Gasteiger partial charge in [-0.25, -0.2) is 9.59 Å². The van der Waals surface area contributed by atoms with E-state index in [9.17, 15) is 24.8 Å². The molecule has 0 unspecified atom stereocenters. The molecule has 1 N–H and O–H groups in total. The van der Waals surface area contributed by atoms with E-state index in [1.807, 2.05) is 0 Å². The standard InChI is InChI=1S/C23H19NO7S/c1-30-23(27)20(25)21(32-19-10-6-5-9-18(19)24(28)29)15-11-13-17(14-12-15)31-22(26)16-7-3-2-4-8-16/h2-14,20-21,25H,1H3/t20-,21+/m1/s1. The number of para-hydroxylation sites is 1. The summed E-state index contributed by atoms with van der Waals surface area (Å²) in [7, 11) is 1.14. The summed E-state index contributed by atoms with van der Waals surface area (Å²) in [6, 6.07) is 20.7. The molecule has 0 saturated carbocycles. The first-order valence-electron chi connectivity index (χ1n) is 9.44. The topological polar surface area (TPSA) is 116 Å². The van der Waals surface area contributed by atoms with Gasteiger partial charge in [-0.3, -0.25) is 10.1 Å². The van der Waals surface area contributed by atoms with Gasteiger partial charge in [0.1, 0.15) is 5.75 Å². The maximum absolute atomic E-state index is 12.2. The number of nitro benzene ring substituents is 1. The molecule has 0 amide bonds. The number of aliphatic hydroxyl groups is 1. The second kappa shape index (κ2) is 10.6. The molecule has 0 fully saturated rings. The smallest absolute Gasteiger partial charge is 0.343 e. The molecule has 0 aliphatic rings. The average molecular weight is 453 g/mol. The van der Waals surface area contributed by atoms with E-state index in [-0.39, 0.29) is 16.3 Å². The van der Waals surface area contributed by atoms with E-state index in [0.29, 0.717) is 11.1 Å². The van der Waals surface area contributed by atoms with E-state index < -0.39 is 28.2 Å². The van der Waals surface area contributed by atoms with Crippen molar-refractivity contribution in [2.45, 2.75) is 16.2 Å². The number of carbonyl (C=O) groups is 2. The number of carbonyl (C=O) groups excluding carboxylic acids is 2. The van der Waals surface area contributed by atoms with Gasteiger partial charge < -0.3 is 14.6 Å². The summed E-state index contributed by atoms with van der Waals surface area (Å²) in [5, 5.41) is 21.0. The molecule has 0 heterocycles. The highest BCUT2D eigenvalue weighted by Gasteiger charge is 2.31. The first-order valence-corrected chi connectivity index (χ1v) is 10.3. The zero-order valence-corrected chi connectivity index (χ0v) is 17.7. The molecule has 3 rings (SSSR count). The van der Waals surface area contributed by atoms with Gasteiger partial charge in [0.05, 0.1) is 27.7 Å². The molecule has 0 spiro atoms. The van der Waals surface area contributed by atoms with Crippen molar-refractivity contribution in [3.8, 4) is 5.75 Å². The number of aliphatic hydroxyl groups excluding tert-OH is 1. The van der Waals surface area contributed by atoms with Gasteiger partial charge in [-0.2, -0.15) is 0 Å². The summed E-state index contributed by atoms with van der Waals surface area (Å²) in [6.45, 7) is 0. The number of benzene rings is 3. The molecule has 32 heavy (non-hydrogen) atoms. The quantitative estimate of drug-likeness (QED) is 0.178. The number of hydrogen-bond acceptors (Lipinski definition) is 8. The molecule has 9 heteroatoms. The summed E-state index contributed by atoms with van der Waals surface area (Å²) in [5.41, 5.74) is 0.737. The lowest BCUT2D eigenvalue weighted by Gasteiger charge is -2.21. The van der Waals surface area contributed by atoms with Gasteiger partial charge in [-0.15, -0.1) is 11.8 Å². The van der Waals surface area contributed by atoms with Gasteiger partial charge in [0.25, 0.3) is 5.69 Å². The molecule has 0 radical (unpaired) electrons. The Bertz CT molecular complexity index is 1100. The van der Waals surface area contributed by atoms with Crippen molar-refractivity contribution >= 4 is 29.4 Å². The first kappa shape index (κ1) is 23.0. The van der Waals surface area contributed by atoms with Crippen LogP contribution in [0.3, 0.4) is 0 Å². The fraction of sp³-hybridized carbons (Fsp3) is 0.130. The molecule has 164 valence electrons. The number of rotatable bonds is 8. The summed E-state index contributed by atoms with van der Waals surface area (Å²) in [4.78, 5) is 35.3. The molecule has 0 aromatic heterocycles. The molecule has 3 aromatic rings. The molecule has 2 atom stereocenters. The van der Waals surface area contributed by atoms with E-state index >= 15 is 0 Å². The molecule has 0 aliphatic carbocycles. The maximum atomic E-state index is 12.2. The third-order valence-corrected chi connectivity index (χ3v) is 5.86. The van der Waals surface area contributed by atoms with Gasteiger partial charge in [0.2, 0.25) is 0 Å². The molecule has 0 bridgehead atoms. The van der Waals surface area contributed by atoms with Crippen LogP contribution in [0.5, 0.6) is 5.75 Å². The predicted molar refractivity (Wildman–Crippen MR) is 118 cm³/mol. The van der Waals surface area contributed by atoms with Crippen LogP contribution in [0.4, 0.5) is 5.69 Å². The second-order valence-electron chi connectivity index (χ2n) is 6.56. The highest BCUT2D eigenvalue weighted by atomic mass is 32.2. The number of thioether (sulfide) groups is 1. The molecular formula is C23H19NO7S. The Morgan fingerprint density at radius 2 is 1.59 bits per heavy atom. The van der Waals surface area contributed by atoms with Crippen molar-refractivity contribution < 1.29 is 29.1 Å². The molecule has 0 saturated heterocycles. The molecule has 3 aromatic carbocycles. The third-order valence-electron chi connectivity index (χ3n) is 4.47. The Labute approximate surface area is 187 Å². The van der Waals surface area contributed by atoms with Gasteiger partial charge >= 0.3 is 11.9 Å². The zero-order chi connectivity index (χ0) is 23.1. The number of ether oxygens (including phenoxy) is 2. The van der Waals surface area contributed by atoms with Crippen molar-refractivity contribution in [3.05, 3.63) is 100 Å². The fourth-order valence-corrected chi connectivity index (χ4v) is 4.10. The maximum Gasteiger partial charge on any atom is 0.343 e. The lowest BCUT2D eigenvalue weighted by molar-refractivity contribution is -0.387. The number of esters is 2. The van der Waals surface area contributed by atoms with Crippen LogP contribution in [0.2, 0.25) is 0 Å². The van der Waals surface area contributed by atoms with Gasteiger partial charge in [-0.05, 0) is 35.9 Å². The molecular weight excluding hydrogens is 434 g/mol. The number of nitrogens with zero attached hydrogens (tertiary/aromatic N) is 1. The first-order chi connectivity index (χ1) is 15.4. The van der Waals surface area contributed by atoms with Crippen molar-refractivity contribution in [1.29, 1.82) is 0 Å². The second-order valence-corrected chi connectivity index (χ2v) is 7.74. The highest BCUT2D eigenvalue weighted by molar-refractivity contribution is 7.99. The van der Waals surface area contributed by atoms with Crippen LogP contribution < -0.4 is 4.74 Å². The van der Waals surface area contributed by atoms with E-state index in [2.05, 4.69) is 4.74 Å². The SMILES string of the molecule is COC(=O)[C@H](O)[C@@H](Sc1ccccc1[N+](=O)[O-])c1ccc(OC(=O)c2ccccc2)cc1. The molecule has 0 aliphatic heterocycles. The van der Waals surface area contributed by atoms with E-state index in [4.69, 9.17) is 4.74 Å². The van der Waals surface area contributed by atoms with Crippen molar-refractivity contribution in [1.82, 2.24) is 0 Å². The Morgan fingerprint density at radius 1 is 0.969 bits per heavy atom. The Kier molecular flexibility index (Phi) is 7.58. The van der Waals surface area contributed by atoms with E-state index in [0.717, 1.165) is 18.9 Å². The zero-order valence-electron chi connectivity index (χ0n) is 16.9. The van der Waals surface area contributed by atoms with Crippen LogP contribution in [0.15, 0.2) is 83.8 Å². The van der Waals surface area contributed by atoms with Crippen LogP contribution >= 0.6 is 11.8 Å². The van der Waals surface area contributed by atoms with Crippen molar-refractivity contribution in [2.24, 2.45) is 0 Å². The summed E-state index contributed by atoms with van der Waals surface area (Å²) in [6.07, 6.45) is -1.58. The predicted octanol–water partition coefficient (Wildman–Crippen LogP) is 4.18. The van der Waals surface area contributed by atoms with Crippen molar-refractivity contribution in [2.75, 3.05) is 7.11 Å². The monoisotopic (exact) mass is 453 g/mol. The summed E-state index contributed by atoms with van der Waals surface area (Å²) >= 11 is 0.965. The minimum atomic E-state index is -1.58. The number of nitro groups is 1. The van der Waals surface area contributed by atoms with Crippen LogP contribution in [0, 0.1) is 10.1 Å². The summed E-state index contributed by atoms with van der Waals surface area (Å²) < 4.78 is 9.99. The van der Waals surface area contributed by atoms with Gasteiger partial charge in [-0.1, -0.05) is 42.5 Å². The van der Waals surface area contributed by atoms with Crippen LogP contribution in [0.1, 0.15) is 21.2 Å². The highest BCUT2D eigenvalue weighted by Crippen LogP contribution is 2.42. The largest absolute Gasteiger partial charge is 0.467 e. The van der Waals surface area contributed by atoms with E-state index in [1.54, 1.807) is 48.5 Å². The molecule has 8 nitrogen and oxygen atoms in total. The number of hydrogen-bond donors (Lipinski definition) is 1. The van der Waals surface area contributed by atoms with Crippen LogP contribution in [-0.2, 0) is 9.53 Å². The lowest BCUT2D eigenvalue weighted by Crippen LogP contribution is -2.27. The Hall–Kier alpha value is -3.69. The van der Waals surface area contributed by atoms with Gasteiger partial charge in [0.15, 0.2) is 6.10 Å². The normalized spacial score (nSPS) is 12.4. The Balaban J connectivity index is 1.86. The van der Waals surface area contributed by atoms with E-state index in [1.165, 1.54) is 30.3 Å².